The molecule has 1 heterocycles. The van der Waals surface area contributed by atoms with Crippen LogP contribution in [0.15, 0.2) is 18.2 Å². The highest BCUT2D eigenvalue weighted by Crippen LogP contribution is 2.29. The zero-order valence-corrected chi connectivity index (χ0v) is 14.5. The van der Waals surface area contributed by atoms with Crippen LogP contribution in [0.25, 0.3) is 0 Å². The first kappa shape index (κ1) is 19.3. The van der Waals surface area contributed by atoms with E-state index in [1.54, 1.807) is 18.2 Å². The van der Waals surface area contributed by atoms with Gasteiger partial charge in [-0.25, -0.2) is 4.79 Å². The Hall–Kier alpha value is -3.02. The molecule has 1 aliphatic heterocycles. The lowest BCUT2D eigenvalue weighted by Gasteiger charge is -2.26. The smallest absolute Gasteiger partial charge is 0.394 e. The van der Waals surface area contributed by atoms with Crippen molar-refractivity contribution in [2.24, 2.45) is 0 Å². The molecule has 26 heavy (non-hydrogen) atoms. The molecule has 135 valence electrons. The molecule has 0 saturated heterocycles. The molecular formula is C17H18BN2O6. The zero-order chi connectivity index (χ0) is 19.1. The van der Waals surface area contributed by atoms with Crippen LogP contribution < -0.4 is 9.97 Å². The fourth-order valence-corrected chi connectivity index (χ4v) is 2.49. The van der Waals surface area contributed by atoms with Gasteiger partial charge in [0.15, 0.2) is 0 Å². The molecule has 0 saturated carbocycles. The molecule has 0 bridgehead atoms. The van der Waals surface area contributed by atoms with Crippen LogP contribution in [0.2, 0.25) is 0 Å². The minimum absolute atomic E-state index is 0.119. The van der Waals surface area contributed by atoms with Crippen LogP contribution in [0.1, 0.15) is 42.6 Å². The van der Waals surface area contributed by atoms with E-state index in [4.69, 9.17) is 19.4 Å². The van der Waals surface area contributed by atoms with Gasteiger partial charge in [0.05, 0.1) is 6.07 Å². The number of carbonyl (C=O) groups excluding carboxylic acids is 3. The number of nitrogens with one attached hydrogen (secondary N) is 1. The van der Waals surface area contributed by atoms with E-state index in [9.17, 15) is 14.4 Å². The number of benzene rings is 1. The highest BCUT2D eigenvalue weighted by atomic mass is 16.7. The number of hydrogen-bond donors (Lipinski definition) is 1. The van der Waals surface area contributed by atoms with Crippen molar-refractivity contribution in [1.82, 2.24) is 5.32 Å². The van der Waals surface area contributed by atoms with Gasteiger partial charge >= 0.3 is 19.4 Å². The maximum atomic E-state index is 12.3. The lowest BCUT2D eigenvalue weighted by Crippen LogP contribution is -2.45. The summed E-state index contributed by atoms with van der Waals surface area (Å²) in [7, 11) is 1.43. The third-order valence-electron chi connectivity index (χ3n) is 3.52. The number of fused-ring (bicyclic) bond motifs is 1. The summed E-state index contributed by atoms with van der Waals surface area (Å²) in [5.74, 6) is -1.50. The molecule has 0 fully saturated rings. The lowest BCUT2D eigenvalue weighted by atomic mass is 9.79. The Morgan fingerprint density at radius 2 is 2.19 bits per heavy atom. The minimum Gasteiger partial charge on any atom is -0.560 e. The Morgan fingerprint density at radius 3 is 2.88 bits per heavy atom. The van der Waals surface area contributed by atoms with Crippen LogP contribution in [-0.4, -0.2) is 37.6 Å². The second-order valence-corrected chi connectivity index (χ2v) is 5.67. The SMILES string of the molecule is CC(=O)OC(C)OC(=O)c1cccc2c1O[B]C(NC(=O)CCC#N)C2. The quantitative estimate of drug-likeness (QED) is 0.460. The van der Waals surface area contributed by atoms with Crippen LogP contribution in [0.3, 0.4) is 0 Å². The maximum Gasteiger partial charge on any atom is 0.394 e. The van der Waals surface area contributed by atoms with Crippen LogP contribution >= 0.6 is 0 Å². The average Bonchev–Trinajstić information content (AvgIpc) is 2.58. The van der Waals surface area contributed by atoms with Crippen molar-refractivity contribution in [2.75, 3.05) is 0 Å². The molecule has 1 aromatic carbocycles. The fourth-order valence-electron chi connectivity index (χ4n) is 2.49. The largest absolute Gasteiger partial charge is 0.560 e. The number of ether oxygens (including phenoxy) is 2. The van der Waals surface area contributed by atoms with Crippen LogP contribution in [0.4, 0.5) is 0 Å². The Balaban J connectivity index is 2.03. The summed E-state index contributed by atoms with van der Waals surface area (Å²) >= 11 is 0. The Morgan fingerprint density at radius 1 is 1.42 bits per heavy atom. The third-order valence-corrected chi connectivity index (χ3v) is 3.52. The third kappa shape index (κ3) is 5.24. The number of esters is 2. The molecule has 2 atom stereocenters. The summed E-state index contributed by atoms with van der Waals surface area (Å²) in [6.45, 7) is 2.66. The number of nitriles is 1. The van der Waals surface area contributed by atoms with E-state index in [1.165, 1.54) is 21.3 Å². The van der Waals surface area contributed by atoms with Crippen molar-refractivity contribution >= 4 is 25.3 Å². The van der Waals surface area contributed by atoms with E-state index < -0.39 is 18.2 Å². The molecule has 1 N–H and O–H groups in total. The van der Waals surface area contributed by atoms with E-state index in [-0.39, 0.29) is 30.3 Å². The second-order valence-electron chi connectivity index (χ2n) is 5.67. The van der Waals surface area contributed by atoms with Gasteiger partial charge in [0.25, 0.3) is 0 Å². The number of hydrogen-bond acceptors (Lipinski definition) is 7. The molecular weight excluding hydrogens is 339 g/mol. The first-order chi connectivity index (χ1) is 12.4. The highest BCUT2D eigenvalue weighted by Gasteiger charge is 2.28. The number of carbonyl (C=O) groups is 3. The molecule has 2 rings (SSSR count). The Bertz CT molecular complexity index is 745. The Labute approximate surface area is 151 Å². The molecule has 1 radical (unpaired) electrons. The molecule has 2 unspecified atom stereocenters. The normalized spacial score (nSPS) is 16.0. The molecule has 1 amide bonds. The maximum absolute atomic E-state index is 12.3. The van der Waals surface area contributed by atoms with Gasteiger partial charge in [0.1, 0.15) is 11.3 Å². The van der Waals surface area contributed by atoms with Crippen LogP contribution in [0.5, 0.6) is 5.75 Å². The molecule has 1 aromatic rings. The predicted molar refractivity (Wildman–Crippen MR) is 89.9 cm³/mol. The van der Waals surface area contributed by atoms with E-state index in [1.807, 2.05) is 6.07 Å². The standard InChI is InChI=1S/C17H18BN2O6/c1-10(21)24-11(2)25-17(23)13-6-3-5-12-9-14(18-26-16(12)13)20-15(22)7-4-8-19/h3,5-6,11,14H,4,7,9H2,1-2H3,(H,20,22). The summed E-state index contributed by atoms with van der Waals surface area (Å²) in [5.41, 5.74) is 0.930. The van der Waals surface area contributed by atoms with Crippen molar-refractivity contribution in [3.63, 3.8) is 0 Å². The van der Waals surface area contributed by atoms with Crippen molar-refractivity contribution in [1.29, 1.82) is 5.26 Å². The number of amides is 1. The molecule has 0 aliphatic carbocycles. The van der Waals surface area contributed by atoms with Crippen molar-refractivity contribution < 1.29 is 28.5 Å². The molecule has 8 nitrogen and oxygen atoms in total. The van der Waals surface area contributed by atoms with E-state index in [2.05, 4.69) is 5.32 Å². The van der Waals surface area contributed by atoms with Crippen molar-refractivity contribution in [2.45, 2.75) is 45.3 Å². The van der Waals surface area contributed by atoms with Gasteiger partial charge in [-0.3, -0.25) is 9.59 Å². The first-order valence-corrected chi connectivity index (χ1v) is 8.07. The van der Waals surface area contributed by atoms with Gasteiger partial charge in [-0.05, 0) is 18.1 Å². The highest BCUT2D eigenvalue weighted by molar-refractivity contribution is 6.32. The van der Waals surface area contributed by atoms with Crippen LogP contribution in [0, 0.1) is 11.3 Å². The summed E-state index contributed by atoms with van der Waals surface area (Å²) in [4.78, 5) is 34.9. The summed E-state index contributed by atoms with van der Waals surface area (Å²) in [6.07, 6.45) is -0.315. The van der Waals surface area contributed by atoms with Crippen molar-refractivity contribution in [3.05, 3.63) is 29.3 Å². The fraction of sp³-hybridized carbons (Fsp3) is 0.412. The minimum atomic E-state index is -1.02. The summed E-state index contributed by atoms with van der Waals surface area (Å²) in [5, 5.41) is 11.3. The molecule has 9 heteroatoms. The van der Waals surface area contributed by atoms with Gasteiger partial charge in [-0.2, -0.15) is 5.26 Å². The lowest BCUT2D eigenvalue weighted by molar-refractivity contribution is -0.162. The van der Waals surface area contributed by atoms with Gasteiger partial charge in [0, 0.05) is 32.6 Å². The Kier molecular flexibility index (Phi) is 6.61. The molecule has 0 spiro atoms. The predicted octanol–water partition coefficient (Wildman–Crippen LogP) is 1.05. The molecule has 1 aliphatic rings. The number of nitrogens with zero attached hydrogens (tertiary/aromatic N) is 1. The van der Waals surface area contributed by atoms with Crippen LogP contribution in [-0.2, 0) is 25.5 Å². The topological polar surface area (TPSA) is 115 Å². The van der Waals surface area contributed by atoms with Gasteiger partial charge in [-0.1, -0.05) is 12.1 Å². The summed E-state index contributed by atoms with van der Waals surface area (Å²) in [6, 6.07) is 6.91. The number of para-hydroxylation sites is 1. The van der Waals surface area contributed by atoms with Crippen molar-refractivity contribution in [3.8, 4) is 11.8 Å². The average molecular weight is 357 g/mol. The molecule has 0 aromatic heterocycles. The monoisotopic (exact) mass is 357 g/mol. The first-order valence-electron chi connectivity index (χ1n) is 8.07. The zero-order valence-electron chi connectivity index (χ0n) is 14.5. The van der Waals surface area contributed by atoms with Gasteiger partial charge in [0.2, 0.25) is 12.2 Å². The second kappa shape index (κ2) is 8.90. The van der Waals surface area contributed by atoms with Gasteiger partial charge < -0.3 is 19.4 Å². The van der Waals surface area contributed by atoms with E-state index in [0.717, 1.165) is 5.56 Å². The van der Waals surface area contributed by atoms with Gasteiger partial charge in [-0.15, -0.1) is 0 Å². The number of rotatable bonds is 6. The van der Waals surface area contributed by atoms with E-state index in [0.29, 0.717) is 12.2 Å². The van der Waals surface area contributed by atoms with E-state index >= 15 is 0 Å². The summed E-state index contributed by atoms with van der Waals surface area (Å²) < 4.78 is 15.4.